The molecule has 0 saturated carbocycles. The third-order valence-corrected chi connectivity index (χ3v) is 9.99. The fourth-order valence-electron chi connectivity index (χ4n) is 5.94. The standard InChI is InChI=1S/C29H37N3O6S/c33-25-13-15-31(20-25)28(34)17-22-12-14-30-18-23(22)8-6-16-38-27-11-5-4-7-24(27)19-32(21-29(30)35)39(36,37)26-9-2-1-3-10-26/h1-5,7,9-11,22-23,25,33H,6,8,12-21H2/t22-,23-,25+/m0/s1. The first-order valence-electron chi connectivity index (χ1n) is 13.8. The Morgan fingerprint density at radius 1 is 0.949 bits per heavy atom. The van der Waals surface area contributed by atoms with Crippen LogP contribution in [0.1, 0.15) is 37.7 Å². The number of piperidine rings is 1. The van der Waals surface area contributed by atoms with E-state index in [4.69, 9.17) is 4.74 Å². The molecule has 2 aromatic rings. The van der Waals surface area contributed by atoms with Gasteiger partial charge in [-0.25, -0.2) is 8.42 Å². The fraction of sp³-hybridized carbons (Fsp3) is 0.517. The largest absolute Gasteiger partial charge is 0.493 e. The highest BCUT2D eigenvalue weighted by Gasteiger charge is 2.36. The molecule has 0 aromatic heterocycles. The number of hydrogen-bond acceptors (Lipinski definition) is 6. The summed E-state index contributed by atoms with van der Waals surface area (Å²) in [6.07, 6.45) is 2.82. The highest BCUT2D eigenvalue weighted by Crippen LogP contribution is 2.33. The van der Waals surface area contributed by atoms with Crippen LogP contribution in [0.25, 0.3) is 0 Å². The summed E-state index contributed by atoms with van der Waals surface area (Å²) in [4.78, 5) is 30.2. The van der Waals surface area contributed by atoms with Crippen LogP contribution in [0.15, 0.2) is 59.5 Å². The van der Waals surface area contributed by atoms with E-state index >= 15 is 0 Å². The fourth-order valence-corrected chi connectivity index (χ4v) is 7.32. The molecule has 1 N–H and O–H groups in total. The number of rotatable bonds is 4. The zero-order valence-corrected chi connectivity index (χ0v) is 23.0. The van der Waals surface area contributed by atoms with Gasteiger partial charge >= 0.3 is 0 Å². The number of likely N-dealkylation sites (tertiary alicyclic amines) is 1. The molecule has 2 aromatic carbocycles. The smallest absolute Gasteiger partial charge is 0.243 e. The van der Waals surface area contributed by atoms with Crippen molar-refractivity contribution >= 4 is 21.8 Å². The predicted molar refractivity (Wildman–Crippen MR) is 145 cm³/mol. The van der Waals surface area contributed by atoms with Crippen LogP contribution in [-0.2, 0) is 26.2 Å². The maximum Gasteiger partial charge on any atom is 0.243 e. The number of sulfonamides is 1. The summed E-state index contributed by atoms with van der Waals surface area (Å²) in [5.74, 6) is 0.674. The summed E-state index contributed by atoms with van der Waals surface area (Å²) in [5.41, 5.74) is 0.707. The normalized spacial score (nSPS) is 25.2. The molecular formula is C29H37N3O6S. The SMILES string of the molecule is O=C(C[C@@H]1CCN2C[C@@H]1CCCOc1ccccc1CN(S(=O)(=O)c1ccccc1)CC2=O)N1CC[C@@H](O)C1. The summed E-state index contributed by atoms with van der Waals surface area (Å²) in [7, 11) is -3.94. The molecule has 0 unspecified atom stereocenters. The maximum atomic E-state index is 13.7. The van der Waals surface area contributed by atoms with Crippen LogP contribution in [-0.4, -0.2) is 84.9 Å². The van der Waals surface area contributed by atoms with Gasteiger partial charge in [0, 0.05) is 44.7 Å². The lowest BCUT2D eigenvalue weighted by atomic mass is 9.80. The summed E-state index contributed by atoms with van der Waals surface area (Å²) >= 11 is 0. The number of fused-ring (bicyclic) bond motifs is 3. The zero-order valence-electron chi connectivity index (χ0n) is 22.2. The Balaban J connectivity index is 1.39. The molecule has 2 fully saturated rings. The molecule has 0 spiro atoms. The first-order chi connectivity index (χ1) is 18.8. The quantitative estimate of drug-likeness (QED) is 0.621. The molecule has 3 aliphatic heterocycles. The van der Waals surface area contributed by atoms with Crippen molar-refractivity contribution < 1.29 is 27.9 Å². The third-order valence-electron chi connectivity index (χ3n) is 8.19. The summed E-state index contributed by atoms with van der Waals surface area (Å²) in [5, 5.41) is 9.85. The number of ether oxygens (including phenoxy) is 1. The Hall–Kier alpha value is -2.95. The van der Waals surface area contributed by atoms with Gasteiger partial charge < -0.3 is 19.6 Å². The summed E-state index contributed by atoms with van der Waals surface area (Å²) < 4.78 is 34.7. The number of β-amino-alcohol motifs (C(OH)–C–C–N with tert-alkyl or cyclic N) is 1. The zero-order chi connectivity index (χ0) is 27.4. The van der Waals surface area contributed by atoms with Gasteiger partial charge in [0.15, 0.2) is 0 Å². The number of aliphatic hydroxyl groups is 1. The van der Waals surface area contributed by atoms with Crippen LogP contribution in [0.5, 0.6) is 5.75 Å². The van der Waals surface area contributed by atoms with Gasteiger partial charge in [0.05, 0.1) is 24.2 Å². The first kappa shape index (κ1) is 27.6. The highest BCUT2D eigenvalue weighted by atomic mass is 32.2. The first-order valence-corrected chi connectivity index (χ1v) is 15.2. The Kier molecular flexibility index (Phi) is 8.54. The van der Waals surface area contributed by atoms with E-state index in [2.05, 4.69) is 0 Å². The van der Waals surface area contributed by atoms with Gasteiger partial charge in [-0.3, -0.25) is 9.59 Å². The number of carbonyl (C=O) groups excluding carboxylic acids is 2. The van der Waals surface area contributed by atoms with Crippen molar-refractivity contribution in [1.29, 1.82) is 0 Å². The van der Waals surface area contributed by atoms with E-state index in [0.29, 0.717) is 63.4 Å². The molecule has 0 aliphatic carbocycles. The Labute approximate surface area is 230 Å². The lowest BCUT2D eigenvalue weighted by Crippen LogP contribution is -2.49. The number of hydrogen-bond donors (Lipinski definition) is 1. The third kappa shape index (κ3) is 6.45. The second-order valence-corrected chi connectivity index (χ2v) is 12.8. The van der Waals surface area contributed by atoms with Gasteiger partial charge in [-0.2, -0.15) is 4.31 Å². The Morgan fingerprint density at radius 2 is 1.72 bits per heavy atom. The van der Waals surface area contributed by atoms with E-state index < -0.39 is 16.1 Å². The van der Waals surface area contributed by atoms with Crippen LogP contribution in [0.4, 0.5) is 0 Å². The van der Waals surface area contributed by atoms with Crippen LogP contribution in [0.2, 0.25) is 0 Å². The molecule has 2 bridgehead atoms. The molecule has 3 heterocycles. The van der Waals surface area contributed by atoms with Crippen molar-refractivity contribution in [3.63, 3.8) is 0 Å². The Morgan fingerprint density at radius 3 is 2.49 bits per heavy atom. The second kappa shape index (κ2) is 12.1. The lowest BCUT2D eigenvalue weighted by Gasteiger charge is -2.39. The van der Waals surface area contributed by atoms with Gasteiger partial charge in [-0.05, 0) is 55.7 Å². The van der Waals surface area contributed by atoms with Crippen molar-refractivity contribution in [3.05, 3.63) is 60.2 Å². The molecule has 3 atom stereocenters. The minimum absolute atomic E-state index is 0.0230. The van der Waals surface area contributed by atoms with Crippen LogP contribution in [0, 0.1) is 11.8 Å². The number of amides is 2. The molecule has 2 saturated heterocycles. The van der Waals surface area contributed by atoms with Crippen LogP contribution < -0.4 is 4.74 Å². The molecule has 2 amide bonds. The lowest BCUT2D eigenvalue weighted by molar-refractivity contribution is -0.136. The van der Waals surface area contributed by atoms with E-state index in [1.165, 1.54) is 4.31 Å². The van der Waals surface area contributed by atoms with Crippen molar-refractivity contribution in [3.8, 4) is 5.75 Å². The monoisotopic (exact) mass is 555 g/mol. The van der Waals surface area contributed by atoms with Gasteiger partial charge in [-0.1, -0.05) is 36.4 Å². The van der Waals surface area contributed by atoms with Crippen molar-refractivity contribution in [2.75, 3.05) is 39.3 Å². The van der Waals surface area contributed by atoms with Crippen molar-refractivity contribution in [2.45, 2.75) is 49.6 Å². The number of carbonyl (C=O) groups is 2. The summed E-state index contributed by atoms with van der Waals surface area (Å²) in [6, 6.07) is 15.6. The van der Waals surface area contributed by atoms with Crippen LogP contribution >= 0.6 is 0 Å². The maximum absolute atomic E-state index is 13.7. The Bertz CT molecular complexity index is 1270. The average Bonchev–Trinajstić information content (AvgIpc) is 3.38. The molecule has 39 heavy (non-hydrogen) atoms. The van der Waals surface area contributed by atoms with Gasteiger partial charge in [-0.15, -0.1) is 0 Å². The number of benzene rings is 2. The van der Waals surface area contributed by atoms with Gasteiger partial charge in [0.1, 0.15) is 5.75 Å². The van der Waals surface area contributed by atoms with Crippen molar-refractivity contribution in [2.24, 2.45) is 11.8 Å². The molecule has 0 radical (unpaired) electrons. The molecule has 210 valence electrons. The van der Waals surface area contributed by atoms with E-state index in [1.54, 1.807) is 40.1 Å². The van der Waals surface area contributed by atoms with E-state index in [9.17, 15) is 23.1 Å². The second-order valence-electron chi connectivity index (χ2n) is 10.8. The molecule has 3 aliphatic rings. The van der Waals surface area contributed by atoms with E-state index in [-0.39, 0.29) is 41.6 Å². The topological polar surface area (TPSA) is 107 Å². The minimum Gasteiger partial charge on any atom is -0.493 e. The van der Waals surface area contributed by atoms with E-state index in [0.717, 1.165) is 12.8 Å². The highest BCUT2D eigenvalue weighted by molar-refractivity contribution is 7.89. The number of para-hydroxylation sites is 1. The average molecular weight is 556 g/mol. The molecular weight excluding hydrogens is 518 g/mol. The number of aliphatic hydroxyl groups excluding tert-OH is 1. The summed E-state index contributed by atoms with van der Waals surface area (Å²) in [6.45, 7) is 2.17. The minimum atomic E-state index is -3.94. The van der Waals surface area contributed by atoms with Crippen molar-refractivity contribution in [1.82, 2.24) is 14.1 Å². The van der Waals surface area contributed by atoms with E-state index in [1.807, 2.05) is 24.3 Å². The predicted octanol–water partition coefficient (Wildman–Crippen LogP) is 2.50. The molecule has 5 rings (SSSR count). The van der Waals surface area contributed by atoms with Crippen LogP contribution in [0.3, 0.4) is 0 Å². The number of nitrogens with zero attached hydrogens (tertiary/aromatic N) is 3. The molecule has 9 nitrogen and oxygen atoms in total. The molecule has 10 heteroatoms. The van der Waals surface area contributed by atoms with Gasteiger partial charge in [0.25, 0.3) is 0 Å². The van der Waals surface area contributed by atoms with Gasteiger partial charge in [0.2, 0.25) is 21.8 Å².